The molecule has 2 aliphatic rings. The first-order chi connectivity index (χ1) is 17.3. The number of hydrogen-bond donors (Lipinski definition) is 0. The Bertz CT molecular complexity index is 769. The first kappa shape index (κ1) is 32.2. The van der Waals surface area contributed by atoms with Crippen molar-refractivity contribution in [3.8, 4) is 0 Å². The molecule has 1 fully saturated rings. The predicted molar refractivity (Wildman–Crippen MR) is 151 cm³/mol. The Labute approximate surface area is 223 Å². The van der Waals surface area contributed by atoms with Crippen molar-refractivity contribution in [3.63, 3.8) is 0 Å². The van der Waals surface area contributed by atoms with Gasteiger partial charge >= 0.3 is 0 Å². The van der Waals surface area contributed by atoms with E-state index in [2.05, 4.69) is 56.7 Å². The van der Waals surface area contributed by atoms with Crippen LogP contribution in [0.3, 0.4) is 0 Å². The maximum atomic E-state index is 13.7. The molecule has 7 heteroatoms. The quantitative estimate of drug-likeness (QED) is 0.282. The Hall–Kier alpha value is -1.83. The SMILES string of the molecule is C=CC1/C=C(/F)C/C=C\CCOC1(CC)CC.CC(Cc1cscn1)CN(C)C.O=CN1CCCC1. The monoisotopic (exact) mass is 521 g/mol. The first-order valence-corrected chi connectivity index (χ1v) is 14.2. The minimum Gasteiger partial charge on any atom is -0.374 e. The Morgan fingerprint density at radius 1 is 1.31 bits per heavy atom. The van der Waals surface area contributed by atoms with Crippen molar-refractivity contribution in [1.29, 1.82) is 0 Å². The lowest BCUT2D eigenvalue weighted by Crippen LogP contribution is -2.38. The summed E-state index contributed by atoms with van der Waals surface area (Å²) in [6.45, 7) is 14.1. The smallest absolute Gasteiger partial charge is 0.209 e. The molecule has 5 nitrogen and oxygen atoms in total. The lowest BCUT2D eigenvalue weighted by atomic mass is 9.81. The molecule has 36 heavy (non-hydrogen) atoms. The molecule has 0 saturated carbocycles. The predicted octanol–water partition coefficient (Wildman–Crippen LogP) is 6.69. The number of allylic oxidation sites excluding steroid dienone is 2. The normalized spacial score (nSPS) is 22.7. The van der Waals surface area contributed by atoms with Crippen molar-refractivity contribution < 1.29 is 13.9 Å². The Kier molecular flexibility index (Phi) is 16.5. The van der Waals surface area contributed by atoms with Gasteiger partial charge in [0.2, 0.25) is 6.41 Å². The Morgan fingerprint density at radius 3 is 2.50 bits per heavy atom. The van der Waals surface area contributed by atoms with E-state index in [-0.39, 0.29) is 17.3 Å². The number of carbonyl (C=O) groups is 1. The highest BCUT2D eigenvalue weighted by Crippen LogP contribution is 2.33. The van der Waals surface area contributed by atoms with Gasteiger partial charge in [-0.25, -0.2) is 9.37 Å². The summed E-state index contributed by atoms with van der Waals surface area (Å²) in [4.78, 5) is 18.2. The summed E-state index contributed by atoms with van der Waals surface area (Å²) in [5, 5.41) is 2.13. The number of rotatable bonds is 8. The van der Waals surface area contributed by atoms with E-state index in [1.165, 1.54) is 18.5 Å². The van der Waals surface area contributed by atoms with E-state index in [1.807, 2.05) is 17.7 Å². The van der Waals surface area contributed by atoms with Crippen LogP contribution in [0.15, 0.2) is 47.6 Å². The minimum atomic E-state index is -0.301. The summed E-state index contributed by atoms with van der Waals surface area (Å²) in [7, 11) is 4.22. The van der Waals surface area contributed by atoms with E-state index in [0.717, 1.165) is 51.7 Å². The Morgan fingerprint density at radius 2 is 2.00 bits per heavy atom. The summed E-state index contributed by atoms with van der Waals surface area (Å²) in [5.41, 5.74) is 2.83. The van der Waals surface area contributed by atoms with E-state index in [9.17, 15) is 9.18 Å². The van der Waals surface area contributed by atoms with Gasteiger partial charge in [0.15, 0.2) is 0 Å². The van der Waals surface area contributed by atoms with Crippen LogP contribution in [0.1, 0.15) is 65.0 Å². The van der Waals surface area contributed by atoms with E-state index < -0.39 is 0 Å². The molecular formula is C29H48FN3O2S. The number of aromatic nitrogens is 1. The molecular weight excluding hydrogens is 473 g/mol. The topological polar surface area (TPSA) is 45.7 Å². The molecule has 2 atom stereocenters. The molecule has 3 rings (SSSR count). The average Bonchev–Trinajstić information content (AvgIpc) is 3.57. The minimum absolute atomic E-state index is 0.0519. The van der Waals surface area contributed by atoms with Crippen LogP contribution < -0.4 is 0 Å². The summed E-state index contributed by atoms with van der Waals surface area (Å²) in [5.74, 6) is 0.550. The maximum Gasteiger partial charge on any atom is 0.209 e. The van der Waals surface area contributed by atoms with E-state index in [1.54, 1.807) is 28.4 Å². The van der Waals surface area contributed by atoms with Gasteiger partial charge in [-0.3, -0.25) is 4.79 Å². The fourth-order valence-corrected chi connectivity index (χ4v) is 5.16. The number of likely N-dealkylation sites (tertiary alicyclic amines) is 1. The van der Waals surface area contributed by atoms with Crippen LogP contribution in [0, 0.1) is 11.8 Å². The molecule has 2 aliphatic heterocycles. The van der Waals surface area contributed by atoms with Gasteiger partial charge in [-0.2, -0.15) is 0 Å². The number of halogens is 1. The van der Waals surface area contributed by atoms with Crippen LogP contribution in [0.25, 0.3) is 0 Å². The first-order valence-electron chi connectivity index (χ1n) is 13.3. The van der Waals surface area contributed by atoms with E-state index in [4.69, 9.17) is 4.74 Å². The van der Waals surface area contributed by atoms with E-state index in [0.29, 0.717) is 18.9 Å². The van der Waals surface area contributed by atoms with Gasteiger partial charge in [-0.1, -0.05) is 39.0 Å². The zero-order valence-corrected chi connectivity index (χ0v) is 23.9. The molecule has 1 amide bonds. The van der Waals surface area contributed by atoms with Gasteiger partial charge in [-0.05, 0) is 64.6 Å². The number of ether oxygens (including phenoxy) is 1. The van der Waals surface area contributed by atoms with E-state index >= 15 is 0 Å². The summed E-state index contributed by atoms with van der Waals surface area (Å²) < 4.78 is 19.7. The lowest BCUT2D eigenvalue weighted by Gasteiger charge is -2.37. The number of carbonyl (C=O) groups excluding carboxylic acids is 1. The molecule has 0 bridgehead atoms. The van der Waals surface area contributed by atoms with Crippen LogP contribution >= 0.6 is 11.3 Å². The fraction of sp³-hybridized carbons (Fsp3) is 0.655. The Balaban J connectivity index is 0.000000295. The van der Waals surface area contributed by atoms with Crippen LogP contribution in [-0.2, 0) is 16.0 Å². The highest BCUT2D eigenvalue weighted by molar-refractivity contribution is 7.07. The van der Waals surface area contributed by atoms with Crippen LogP contribution in [-0.4, -0.2) is 67.1 Å². The molecule has 1 aromatic heterocycles. The zero-order valence-electron chi connectivity index (χ0n) is 23.1. The number of hydrogen-bond acceptors (Lipinski definition) is 5. The summed E-state index contributed by atoms with van der Waals surface area (Å²) in [6.07, 6.45) is 14.7. The van der Waals surface area contributed by atoms with Crippen molar-refractivity contribution in [3.05, 3.63) is 53.3 Å². The standard InChI is InChI=1S/C15H23FO.C9H16N2S.C5H9NO/c1-4-13-12-14(16)10-8-7-9-11-17-15(13,5-2)6-3;1-8(5-11(2)3)4-9-6-12-7-10-9;7-5-6-3-1-2-4-6/h4,7-8,12-13H,1,5-6,9-11H2,2-3H3;6-8H,4-5H2,1-3H3;5H,1-4H2/b8-7-,14-12+;;. The molecule has 0 aliphatic carbocycles. The third kappa shape index (κ3) is 12.4. The van der Waals surface area contributed by atoms with Gasteiger partial charge in [0.25, 0.3) is 0 Å². The molecule has 204 valence electrons. The third-order valence-electron chi connectivity index (χ3n) is 6.58. The maximum absolute atomic E-state index is 13.7. The largest absolute Gasteiger partial charge is 0.374 e. The van der Waals surface area contributed by atoms with Crippen molar-refractivity contribution >= 4 is 17.7 Å². The average molecular weight is 522 g/mol. The van der Waals surface area contributed by atoms with Crippen LogP contribution in [0.4, 0.5) is 4.39 Å². The van der Waals surface area contributed by atoms with Crippen LogP contribution in [0.2, 0.25) is 0 Å². The third-order valence-corrected chi connectivity index (χ3v) is 7.22. The molecule has 0 aromatic carbocycles. The van der Waals surface area contributed by atoms with Gasteiger partial charge < -0.3 is 14.5 Å². The number of thiazole rings is 1. The van der Waals surface area contributed by atoms with Crippen molar-refractivity contribution in [2.75, 3.05) is 40.3 Å². The summed E-state index contributed by atoms with van der Waals surface area (Å²) in [6, 6.07) is 0. The molecule has 1 saturated heterocycles. The molecule has 0 N–H and O–H groups in total. The second kappa shape index (κ2) is 18.4. The number of nitrogens with zero attached hydrogens (tertiary/aromatic N) is 3. The molecule has 0 radical (unpaired) electrons. The highest BCUT2D eigenvalue weighted by atomic mass is 32.1. The van der Waals surface area contributed by atoms with Crippen molar-refractivity contribution in [2.45, 2.75) is 71.3 Å². The lowest BCUT2D eigenvalue weighted by molar-refractivity contribution is -0.117. The zero-order chi connectivity index (χ0) is 26.8. The second-order valence-electron chi connectivity index (χ2n) is 9.86. The van der Waals surface area contributed by atoms with Gasteiger partial charge in [0.05, 0.1) is 23.4 Å². The molecule has 3 heterocycles. The highest BCUT2D eigenvalue weighted by Gasteiger charge is 2.34. The van der Waals surface area contributed by atoms with Gasteiger partial charge in [0.1, 0.15) is 5.83 Å². The molecule has 2 unspecified atom stereocenters. The van der Waals surface area contributed by atoms with Crippen molar-refractivity contribution in [1.82, 2.24) is 14.8 Å². The molecule has 0 spiro atoms. The second-order valence-corrected chi connectivity index (χ2v) is 10.6. The van der Waals surface area contributed by atoms with Crippen molar-refractivity contribution in [2.24, 2.45) is 11.8 Å². The fourth-order valence-electron chi connectivity index (χ4n) is 4.59. The van der Waals surface area contributed by atoms with Gasteiger partial charge in [0, 0.05) is 37.4 Å². The molecule has 1 aromatic rings. The number of amides is 1. The summed E-state index contributed by atoms with van der Waals surface area (Å²) >= 11 is 1.68. The van der Waals surface area contributed by atoms with Gasteiger partial charge in [-0.15, -0.1) is 17.9 Å². The van der Waals surface area contributed by atoms with Crippen LogP contribution in [0.5, 0.6) is 0 Å².